The fourth-order valence-electron chi connectivity index (χ4n) is 3.79. The fourth-order valence-corrected chi connectivity index (χ4v) is 3.79. The largest absolute Gasteiger partial charge is 0.493 e. The minimum absolute atomic E-state index is 0.118. The van der Waals surface area contributed by atoms with Crippen LogP contribution in [0.2, 0.25) is 0 Å². The second-order valence-corrected chi connectivity index (χ2v) is 6.69. The van der Waals surface area contributed by atoms with Gasteiger partial charge in [-0.2, -0.15) is 0 Å². The molecule has 120 valence electrons. The molecule has 1 aliphatic carbocycles. The summed E-state index contributed by atoms with van der Waals surface area (Å²) < 4.78 is 5.64. The quantitative estimate of drug-likeness (QED) is 0.876. The molecule has 0 aromatic heterocycles. The summed E-state index contributed by atoms with van der Waals surface area (Å²) in [4.78, 5) is 12.2. The normalized spacial score (nSPS) is 21.7. The molecule has 3 rings (SSSR count). The molecule has 1 aliphatic heterocycles. The molecule has 0 bridgehead atoms. The summed E-state index contributed by atoms with van der Waals surface area (Å²) in [5.74, 6) is 1.98. The van der Waals surface area contributed by atoms with Gasteiger partial charge in [-0.15, -0.1) is 0 Å². The van der Waals surface area contributed by atoms with Crippen molar-refractivity contribution in [2.45, 2.75) is 63.8 Å². The molecule has 1 N–H and O–H groups in total. The van der Waals surface area contributed by atoms with Gasteiger partial charge in [-0.1, -0.05) is 50.3 Å². The molecule has 3 nitrogen and oxygen atoms in total. The third-order valence-corrected chi connectivity index (χ3v) is 5.03. The van der Waals surface area contributed by atoms with Gasteiger partial charge < -0.3 is 10.1 Å². The van der Waals surface area contributed by atoms with Crippen LogP contribution in [-0.2, 0) is 4.79 Å². The van der Waals surface area contributed by atoms with Crippen LogP contribution in [0.1, 0.15) is 69.4 Å². The molecule has 1 aromatic carbocycles. The second-order valence-electron chi connectivity index (χ2n) is 6.69. The van der Waals surface area contributed by atoms with Crippen molar-refractivity contribution in [3.63, 3.8) is 0 Å². The van der Waals surface area contributed by atoms with E-state index in [1.54, 1.807) is 0 Å². The van der Waals surface area contributed by atoms with Gasteiger partial charge in [-0.05, 0) is 24.8 Å². The van der Waals surface area contributed by atoms with Crippen molar-refractivity contribution in [2.24, 2.45) is 5.92 Å². The first-order valence-corrected chi connectivity index (χ1v) is 8.84. The summed E-state index contributed by atoms with van der Waals surface area (Å²) in [5.41, 5.74) is 1.12. The summed E-state index contributed by atoms with van der Waals surface area (Å²) in [7, 11) is 0. The third-order valence-electron chi connectivity index (χ3n) is 5.03. The van der Waals surface area contributed by atoms with Gasteiger partial charge in [-0.25, -0.2) is 0 Å². The molecule has 3 heteroatoms. The van der Waals surface area contributed by atoms with Crippen LogP contribution in [0.4, 0.5) is 0 Å². The number of rotatable bonds is 5. The maximum absolute atomic E-state index is 12.2. The van der Waals surface area contributed by atoms with Crippen molar-refractivity contribution in [3.05, 3.63) is 29.8 Å². The Morgan fingerprint density at radius 3 is 2.82 bits per heavy atom. The van der Waals surface area contributed by atoms with Gasteiger partial charge in [0, 0.05) is 18.4 Å². The first-order valence-electron chi connectivity index (χ1n) is 8.84. The van der Waals surface area contributed by atoms with Crippen LogP contribution in [0.25, 0.3) is 0 Å². The summed E-state index contributed by atoms with van der Waals surface area (Å²) in [6.45, 7) is 0.685. The van der Waals surface area contributed by atoms with Gasteiger partial charge in [-0.3, -0.25) is 4.79 Å². The first-order chi connectivity index (χ1) is 10.8. The maximum atomic E-state index is 12.2. The monoisotopic (exact) mass is 301 g/mol. The fraction of sp³-hybridized carbons (Fsp3) is 0.632. The summed E-state index contributed by atoms with van der Waals surface area (Å²) in [6.07, 6.45) is 10.7. The highest BCUT2D eigenvalue weighted by molar-refractivity contribution is 5.76. The molecule has 0 spiro atoms. The number of carbonyl (C=O) groups excluding carboxylic acids is 1. The van der Waals surface area contributed by atoms with E-state index >= 15 is 0 Å². The predicted octanol–water partition coefficient (Wildman–Crippen LogP) is 4.38. The van der Waals surface area contributed by atoms with Gasteiger partial charge in [0.2, 0.25) is 5.91 Å². The molecular weight excluding hydrogens is 274 g/mol. The average molecular weight is 301 g/mol. The summed E-state index contributed by atoms with van der Waals surface area (Å²) in [6, 6.07) is 8.15. The van der Waals surface area contributed by atoms with Crippen molar-refractivity contribution >= 4 is 5.91 Å². The third kappa shape index (κ3) is 4.02. The van der Waals surface area contributed by atoms with E-state index in [-0.39, 0.29) is 11.9 Å². The number of hydrogen-bond acceptors (Lipinski definition) is 2. The maximum Gasteiger partial charge on any atom is 0.220 e. The van der Waals surface area contributed by atoms with Gasteiger partial charge in [0.1, 0.15) is 5.75 Å². The Bertz CT molecular complexity index is 494. The van der Waals surface area contributed by atoms with Crippen molar-refractivity contribution < 1.29 is 9.53 Å². The van der Waals surface area contributed by atoms with Crippen LogP contribution in [-0.4, -0.2) is 12.5 Å². The number of ether oxygens (including phenoxy) is 1. The van der Waals surface area contributed by atoms with E-state index in [1.807, 2.05) is 18.2 Å². The van der Waals surface area contributed by atoms with Gasteiger partial charge in [0.05, 0.1) is 12.6 Å². The van der Waals surface area contributed by atoms with E-state index in [2.05, 4.69) is 11.4 Å². The molecule has 1 saturated carbocycles. The summed E-state index contributed by atoms with van der Waals surface area (Å²) in [5, 5.41) is 3.19. The Morgan fingerprint density at radius 2 is 1.95 bits per heavy atom. The Labute approximate surface area is 133 Å². The first kappa shape index (κ1) is 15.4. The molecule has 0 radical (unpaired) electrons. The number of hydrogen-bond donors (Lipinski definition) is 1. The van der Waals surface area contributed by atoms with E-state index in [9.17, 15) is 4.79 Å². The molecule has 0 saturated heterocycles. The highest BCUT2D eigenvalue weighted by atomic mass is 16.5. The predicted molar refractivity (Wildman–Crippen MR) is 87.9 cm³/mol. The van der Waals surface area contributed by atoms with E-state index in [1.165, 1.54) is 38.5 Å². The van der Waals surface area contributed by atoms with Crippen molar-refractivity contribution in [3.8, 4) is 5.75 Å². The average Bonchev–Trinajstić information content (AvgIpc) is 2.56. The molecular formula is C19H27NO2. The van der Waals surface area contributed by atoms with Crippen LogP contribution in [0.15, 0.2) is 24.3 Å². The minimum atomic E-state index is 0.118. The Morgan fingerprint density at radius 1 is 1.14 bits per heavy atom. The van der Waals surface area contributed by atoms with Crippen LogP contribution in [0.3, 0.4) is 0 Å². The Hall–Kier alpha value is -1.51. The SMILES string of the molecule is O=C(CCCC1CCCCC1)NC1CCOc2ccccc21. The lowest BCUT2D eigenvalue weighted by atomic mass is 9.86. The second kappa shape index (κ2) is 7.66. The van der Waals surface area contributed by atoms with Gasteiger partial charge >= 0.3 is 0 Å². The standard InChI is InChI=1S/C19H27NO2/c21-19(12-6-9-15-7-2-1-3-8-15)20-17-13-14-22-18-11-5-4-10-16(17)18/h4-5,10-11,15,17H,1-3,6-9,12-14H2,(H,20,21). The smallest absolute Gasteiger partial charge is 0.220 e. The van der Waals surface area contributed by atoms with Crippen LogP contribution in [0, 0.1) is 5.92 Å². The van der Waals surface area contributed by atoms with Crippen LogP contribution in [0.5, 0.6) is 5.75 Å². The zero-order valence-corrected chi connectivity index (χ0v) is 13.4. The Balaban J connectivity index is 1.44. The Kier molecular flexibility index (Phi) is 5.36. The molecule has 1 fully saturated rings. The number of nitrogens with one attached hydrogen (secondary N) is 1. The lowest BCUT2D eigenvalue weighted by molar-refractivity contribution is -0.122. The number of carbonyl (C=O) groups is 1. The van der Waals surface area contributed by atoms with Crippen molar-refractivity contribution in [1.29, 1.82) is 0 Å². The molecule has 1 unspecified atom stereocenters. The molecule has 1 aromatic rings. The van der Waals surface area contributed by atoms with E-state index < -0.39 is 0 Å². The molecule has 22 heavy (non-hydrogen) atoms. The van der Waals surface area contributed by atoms with E-state index in [0.29, 0.717) is 13.0 Å². The van der Waals surface area contributed by atoms with E-state index in [4.69, 9.17) is 4.74 Å². The highest BCUT2D eigenvalue weighted by Crippen LogP contribution is 2.32. The molecule has 2 aliphatic rings. The lowest BCUT2D eigenvalue weighted by Gasteiger charge is -2.26. The van der Waals surface area contributed by atoms with Crippen LogP contribution < -0.4 is 10.1 Å². The number of benzene rings is 1. The minimum Gasteiger partial charge on any atom is -0.493 e. The number of para-hydroxylation sites is 1. The van der Waals surface area contributed by atoms with E-state index in [0.717, 1.165) is 30.1 Å². The number of fused-ring (bicyclic) bond motifs is 1. The number of amides is 1. The zero-order valence-electron chi connectivity index (χ0n) is 13.4. The zero-order chi connectivity index (χ0) is 15.2. The molecule has 1 heterocycles. The van der Waals surface area contributed by atoms with Crippen molar-refractivity contribution in [1.82, 2.24) is 5.32 Å². The summed E-state index contributed by atoms with van der Waals surface area (Å²) >= 11 is 0. The molecule has 1 amide bonds. The van der Waals surface area contributed by atoms with Crippen LogP contribution >= 0.6 is 0 Å². The van der Waals surface area contributed by atoms with Gasteiger partial charge in [0.25, 0.3) is 0 Å². The highest BCUT2D eigenvalue weighted by Gasteiger charge is 2.22. The van der Waals surface area contributed by atoms with Crippen molar-refractivity contribution in [2.75, 3.05) is 6.61 Å². The molecule has 1 atom stereocenters. The lowest BCUT2D eigenvalue weighted by Crippen LogP contribution is -2.32. The topological polar surface area (TPSA) is 38.3 Å². The van der Waals surface area contributed by atoms with Gasteiger partial charge in [0.15, 0.2) is 0 Å².